The third-order valence-corrected chi connectivity index (χ3v) is 5.56. The maximum atomic E-state index is 12.6. The molecule has 2 aromatic rings. The van der Waals surface area contributed by atoms with Gasteiger partial charge in [-0.2, -0.15) is 13.2 Å². The van der Waals surface area contributed by atoms with Crippen molar-refractivity contribution in [1.29, 1.82) is 0 Å². The Morgan fingerprint density at radius 3 is 2.63 bits per heavy atom. The quantitative estimate of drug-likeness (QED) is 0.748. The maximum Gasteiger partial charge on any atom is 0.419 e. The van der Waals surface area contributed by atoms with Crippen molar-refractivity contribution in [3.8, 4) is 0 Å². The van der Waals surface area contributed by atoms with Crippen molar-refractivity contribution >= 4 is 23.1 Å². The van der Waals surface area contributed by atoms with Crippen LogP contribution in [-0.2, 0) is 17.4 Å². The summed E-state index contributed by atoms with van der Waals surface area (Å²) in [7, 11) is 0. The standard InChI is InChI=1S/C18H21F3N4OS/c19-18(20,21)14-3-4-16(23-12-14)25-9-7-24(8-10-25)13-17(26)22-6-5-15-2-1-11-27-15/h1-4,11-12H,5-10,13H2,(H,22,26)/p+2. The van der Waals surface area contributed by atoms with Crippen LogP contribution in [0.2, 0.25) is 0 Å². The number of piperazine rings is 1. The van der Waals surface area contributed by atoms with Gasteiger partial charge in [-0.25, -0.2) is 4.98 Å². The van der Waals surface area contributed by atoms with Gasteiger partial charge in [0.2, 0.25) is 0 Å². The number of pyridine rings is 1. The summed E-state index contributed by atoms with van der Waals surface area (Å²) in [5.74, 6) is 0.707. The molecule has 0 atom stereocenters. The molecule has 146 valence electrons. The summed E-state index contributed by atoms with van der Waals surface area (Å²) >= 11 is 1.68. The molecule has 0 saturated carbocycles. The monoisotopic (exact) mass is 400 g/mol. The van der Waals surface area contributed by atoms with Crippen molar-refractivity contribution in [1.82, 2.24) is 5.32 Å². The van der Waals surface area contributed by atoms with E-state index in [1.807, 2.05) is 16.3 Å². The van der Waals surface area contributed by atoms with E-state index in [9.17, 15) is 18.0 Å². The van der Waals surface area contributed by atoms with Gasteiger partial charge in [-0.15, -0.1) is 11.3 Å². The molecule has 9 heteroatoms. The number of alkyl halides is 3. The highest BCUT2D eigenvalue weighted by Gasteiger charge is 2.33. The molecule has 27 heavy (non-hydrogen) atoms. The van der Waals surface area contributed by atoms with Crippen LogP contribution in [0.3, 0.4) is 0 Å². The predicted octanol–water partition coefficient (Wildman–Crippen LogP) is 0.645. The van der Waals surface area contributed by atoms with E-state index in [1.165, 1.54) is 15.8 Å². The minimum Gasteiger partial charge on any atom is -0.351 e. The molecule has 0 aromatic carbocycles. The van der Waals surface area contributed by atoms with Gasteiger partial charge in [0.15, 0.2) is 6.54 Å². The zero-order valence-corrected chi connectivity index (χ0v) is 15.6. The van der Waals surface area contributed by atoms with Gasteiger partial charge in [0.1, 0.15) is 32.4 Å². The fraction of sp³-hybridized carbons (Fsp3) is 0.444. The number of hydrogen-bond acceptors (Lipinski definition) is 3. The Morgan fingerprint density at radius 1 is 1.26 bits per heavy atom. The predicted molar refractivity (Wildman–Crippen MR) is 96.8 cm³/mol. The number of aromatic amines is 1. The fourth-order valence-electron chi connectivity index (χ4n) is 3.10. The van der Waals surface area contributed by atoms with Gasteiger partial charge in [0.25, 0.3) is 11.7 Å². The number of carbonyl (C=O) groups is 1. The van der Waals surface area contributed by atoms with Crippen LogP contribution < -0.4 is 20.1 Å². The Bertz CT molecular complexity index is 726. The van der Waals surface area contributed by atoms with Crippen LogP contribution in [0.15, 0.2) is 35.8 Å². The van der Waals surface area contributed by atoms with Crippen molar-refractivity contribution in [2.75, 3.05) is 44.2 Å². The maximum absolute atomic E-state index is 12.6. The highest BCUT2D eigenvalue weighted by molar-refractivity contribution is 7.09. The number of aromatic nitrogens is 1. The Morgan fingerprint density at radius 2 is 2.04 bits per heavy atom. The second-order valence-corrected chi connectivity index (χ2v) is 7.59. The number of thiophene rings is 1. The van der Waals surface area contributed by atoms with E-state index in [-0.39, 0.29) is 5.91 Å². The van der Waals surface area contributed by atoms with Crippen LogP contribution in [0.5, 0.6) is 0 Å². The zero-order chi connectivity index (χ0) is 19.3. The van der Waals surface area contributed by atoms with E-state index >= 15 is 0 Å². The molecule has 3 rings (SSSR count). The summed E-state index contributed by atoms with van der Waals surface area (Å²) in [5.41, 5.74) is -0.685. The number of halogens is 3. The zero-order valence-electron chi connectivity index (χ0n) is 14.8. The van der Waals surface area contributed by atoms with E-state index in [0.29, 0.717) is 32.0 Å². The molecule has 1 fully saturated rings. The smallest absolute Gasteiger partial charge is 0.351 e. The molecule has 3 N–H and O–H groups in total. The number of anilines is 1. The summed E-state index contributed by atoms with van der Waals surface area (Å²) in [4.78, 5) is 19.2. The molecule has 2 aromatic heterocycles. The van der Waals surface area contributed by atoms with Gasteiger partial charge >= 0.3 is 6.18 Å². The fourth-order valence-corrected chi connectivity index (χ4v) is 3.81. The van der Waals surface area contributed by atoms with Gasteiger partial charge in [-0.3, -0.25) is 9.69 Å². The SMILES string of the molecule is O=C(C[NH+]1CCN(c2ccc(C(F)(F)F)c[nH+]2)CC1)NCCc1cccs1. The van der Waals surface area contributed by atoms with Crippen molar-refractivity contribution in [2.24, 2.45) is 0 Å². The van der Waals surface area contributed by atoms with Crippen molar-refractivity contribution in [3.63, 3.8) is 0 Å². The number of rotatable bonds is 6. The number of carbonyl (C=O) groups excluding carboxylic acids is 1. The van der Waals surface area contributed by atoms with Crippen LogP contribution >= 0.6 is 11.3 Å². The van der Waals surface area contributed by atoms with E-state index in [4.69, 9.17) is 0 Å². The Kier molecular flexibility index (Phi) is 6.33. The normalized spacial score (nSPS) is 15.7. The van der Waals surface area contributed by atoms with E-state index < -0.39 is 11.7 Å². The average molecular weight is 400 g/mol. The van der Waals surface area contributed by atoms with Gasteiger partial charge < -0.3 is 10.2 Å². The first-order chi connectivity index (χ1) is 12.9. The Hall–Kier alpha value is -2.13. The third-order valence-electron chi connectivity index (χ3n) is 4.62. The van der Waals surface area contributed by atoms with Crippen LogP contribution in [0.4, 0.5) is 19.0 Å². The van der Waals surface area contributed by atoms with Gasteiger partial charge in [-0.1, -0.05) is 6.07 Å². The van der Waals surface area contributed by atoms with Crippen molar-refractivity contribution in [2.45, 2.75) is 12.6 Å². The number of nitrogens with one attached hydrogen (secondary N) is 3. The van der Waals surface area contributed by atoms with Gasteiger partial charge in [-0.05, 0) is 23.9 Å². The first-order valence-corrected chi connectivity index (χ1v) is 9.76. The minimum atomic E-state index is -4.34. The second-order valence-electron chi connectivity index (χ2n) is 6.55. The molecule has 1 aliphatic rings. The van der Waals surface area contributed by atoms with Crippen molar-refractivity contribution < 1.29 is 27.8 Å². The Labute approximate surface area is 159 Å². The molecule has 0 aliphatic carbocycles. The van der Waals surface area contributed by atoms with Crippen LogP contribution in [-0.4, -0.2) is 45.2 Å². The largest absolute Gasteiger partial charge is 0.419 e. The molecule has 0 spiro atoms. The molecular weight excluding hydrogens is 377 g/mol. The highest BCUT2D eigenvalue weighted by Crippen LogP contribution is 2.28. The van der Waals surface area contributed by atoms with Gasteiger partial charge in [0, 0.05) is 17.5 Å². The summed E-state index contributed by atoms with van der Waals surface area (Å²) < 4.78 is 37.9. The number of H-pyrrole nitrogens is 1. The number of nitrogens with zero attached hydrogens (tertiary/aromatic N) is 1. The Balaban J connectivity index is 1.40. The number of quaternary nitrogens is 1. The lowest BCUT2D eigenvalue weighted by atomic mass is 10.2. The molecule has 0 bridgehead atoms. The third kappa shape index (κ3) is 5.67. The summed E-state index contributed by atoms with van der Waals surface area (Å²) in [6, 6.07) is 6.61. The topological polar surface area (TPSA) is 50.9 Å². The van der Waals surface area contributed by atoms with Crippen LogP contribution in [0.1, 0.15) is 10.4 Å². The number of hydrogen-bond donors (Lipinski definition) is 2. The van der Waals surface area contributed by atoms with E-state index in [1.54, 1.807) is 11.3 Å². The molecule has 0 radical (unpaired) electrons. The lowest BCUT2D eigenvalue weighted by Crippen LogP contribution is -3.16. The highest BCUT2D eigenvalue weighted by atomic mass is 32.1. The van der Waals surface area contributed by atoms with E-state index in [2.05, 4.69) is 16.4 Å². The van der Waals surface area contributed by atoms with Crippen LogP contribution in [0.25, 0.3) is 0 Å². The molecule has 3 heterocycles. The molecule has 1 aliphatic heterocycles. The van der Waals surface area contributed by atoms with Crippen LogP contribution in [0, 0.1) is 0 Å². The first-order valence-electron chi connectivity index (χ1n) is 8.88. The minimum absolute atomic E-state index is 0.0381. The average Bonchev–Trinajstić information content (AvgIpc) is 3.15. The second kappa shape index (κ2) is 8.71. The molecule has 5 nitrogen and oxygen atoms in total. The summed E-state index contributed by atoms with van der Waals surface area (Å²) in [6.07, 6.45) is -2.50. The molecule has 1 saturated heterocycles. The van der Waals surface area contributed by atoms with E-state index in [0.717, 1.165) is 31.8 Å². The lowest BCUT2D eigenvalue weighted by Gasteiger charge is -2.28. The van der Waals surface area contributed by atoms with Gasteiger partial charge in [0.05, 0.1) is 5.56 Å². The summed E-state index contributed by atoms with van der Waals surface area (Å²) in [5, 5.41) is 4.97. The summed E-state index contributed by atoms with van der Waals surface area (Å²) in [6.45, 7) is 3.99. The molecule has 1 amide bonds. The lowest BCUT2D eigenvalue weighted by molar-refractivity contribution is -0.892. The molecule has 0 unspecified atom stereocenters. The number of amides is 1. The first kappa shape index (κ1) is 19.6. The molecular formula is C18H23F3N4OS+2. The van der Waals surface area contributed by atoms with Crippen molar-refractivity contribution in [3.05, 3.63) is 46.3 Å².